The van der Waals surface area contributed by atoms with E-state index in [9.17, 15) is 4.79 Å². The Hall–Kier alpha value is -2.53. The molecule has 2 heterocycles. The molecular weight excluding hydrogens is 342 g/mol. The molecule has 2 aromatic heterocycles. The molecule has 134 valence electrons. The van der Waals surface area contributed by atoms with Crippen molar-refractivity contribution in [2.24, 2.45) is 0 Å². The standard InChI is InChI=1S/C21H23N3OS/c1-15(2)20-23-19(14-26-20)21(25)24(13-18-9-4-5-10-22-18)12-17-8-6-7-16(3)11-17/h4-11,14-15H,12-13H2,1-3H3. The smallest absolute Gasteiger partial charge is 0.273 e. The van der Waals surface area contributed by atoms with Crippen LogP contribution >= 0.6 is 11.3 Å². The monoisotopic (exact) mass is 365 g/mol. The number of nitrogens with zero attached hydrogens (tertiary/aromatic N) is 3. The van der Waals surface area contributed by atoms with Crippen molar-refractivity contribution in [1.82, 2.24) is 14.9 Å². The minimum absolute atomic E-state index is 0.0553. The van der Waals surface area contributed by atoms with Crippen LogP contribution in [0.25, 0.3) is 0 Å². The van der Waals surface area contributed by atoms with E-state index in [0.717, 1.165) is 16.3 Å². The van der Waals surface area contributed by atoms with Crippen molar-refractivity contribution in [2.75, 3.05) is 0 Å². The van der Waals surface area contributed by atoms with E-state index in [0.29, 0.717) is 24.7 Å². The van der Waals surface area contributed by atoms with Crippen molar-refractivity contribution < 1.29 is 4.79 Å². The highest BCUT2D eigenvalue weighted by atomic mass is 32.1. The molecule has 26 heavy (non-hydrogen) atoms. The number of rotatable bonds is 6. The Balaban J connectivity index is 1.86. The number of hydrogen-bond acceptors (Lipinski definition) is 4. The highest BCUT2D eigenvalue weighted by molar-refractivity contribution is 7.09. The van der Waals surface area contributed by atoms with Crippen molar-refractivity contribution in [2.45, 2.75) is 39.8 Å². The number of benzene rings is 1. The zero-order valence-corrected chi connectivity index (χ0v) is 16.2. The second kappa shape index (κ2) is 8.23. The van der Waals surface area contributed by atoms with Crippen LogP contribution < -0.4 is 0 Å². The maximum Gasteiger partial charge on any atom is 0.273 e. The molecule has 5 heteroatoms. The molecule has 3 rings (SSSR count). The van der Waals surface area contributed by atoms with Crippen LogP contribution in [-0.2, 0) is 13.1 Å². The maximum absolute atomic E-state index is 13.1. The van der Waals surface area contributed by atoms with Gasteiger partial charge >= 0.3 is 0 Å². The predicted octanol–water partition coefficient (Wildman–Crippen LogP) is 4.81. The Kier molecular flexibility index (Phi) is 5.78. The molecule has 0 fully saturated rings. The molecule has 0 aliphatic rings. The summed E-state index contributed by atoms with van der Waals surface area (Å²) in [5.41, 5.74) is 3.67. The van der Waals surface area contributed by atoms with E-state index in [1.165, 1.54) is 5.56 Å². The second-order valence-electron chi connectivity index (χ2n) is 6.70. The van der Waals surface area contributed by atoms with Crippen LogP contribution in [0.1, 0.15) is 52.1 Å². The van der Waals surface area contributed by atoms with Gasteiger partial charge in [0.1, 0.15) is 5.69 Å². The second-order valence-corrected chi connectivity index (χ2v) is 7.59. The number of carbonyl (C=O) groups is 1. The lowest BCUT2D eigenvalue weighted by Gasteiger charge is -2.22. The molecule has 0 atom stereocenters. The van der Waals surface area contributed by atoms with Crippen LogP contribution in [0.4, 0.5) is 0 Å². The van der Waals surface area contributed by atoms with Crippen LogP contribution in [0.5, 0.6) is 0 Å². The van der Waals surface area contributed by atoms with E-state index in [2.05, 4.69) is 42.9 Å². The van der Waals surface area contributed by atoms with E-state index >= 15 is 0 Å². The number of pyridine rings is 1. The Morgan fingerprint density at radius 2 is 2.00 bits per heavy atom. The summed E-state index contributed by atoms with van der Waals surface area (Å²) in [6, 6.07) is 14.0. The van der Waals surface area contributed by atoms with Gasteiger partial charge in [-0.1, -0.05) is 49.7 Å². The fourth-order valence-corrected chi connectivity index (χ4v) is 3.54. The number of carbonyl (C=O) groups excluding carboxylic acids is 1. The van der Waals surface area contributed by atoms with E-state index in [1.807, 2.05) is 40.6 Å². The third-order valence-corrected chi connectivity index (χ3v) is 5.20. The van der Waals surface area contributed by atoms with Gasteiger partial charge in [-0.3, -0.25) is 9.78 Å². The first-order valence-corrected chi connectivity index (χ1v) is 9.61. The summed E-state index contributed by atoms with van der Waals surface area (Å²) in [6.07, 6.45) is 1.75. The summed E-state index contributed by atoms with van der Waals surface area (Å²) in [6.45, 7) is 7.23. The van der Waals surface area contributed by atoms with Crippen molar-refractivity contribution in [3.63, 3.8) is 0 Å². The zero-order chi connectivity index (χ0) is 18.5. The molecule has 0 unspecified atom stereocenters. The SMILES string of the molecule is Cc1cccc(CN(Cc2ccccn2)C(=O)c2csc(C(C)C)n2)c1. The van der Waals surface area contributed by atoms with Gasteiger partial charge in [0.05, 0.1) is 17.2 Å². The van der Waals surface area contributed by atoms with Crippen molar-refractivity contribution in [3.8, 4) is 0 Å². The van der Waals surface area contributed by atoms with Crippen LogP contribution in [0.15, 0.2) is 54.0 Å². The van der Waals surface area contributed by atoms with Gasteiger partial charge in [-0.05, 0) is 24.6 Å². The molecule has 0 saturated heterocycles. The molecule has 0 bridgehead atoms. The van der Waals surface area contributed by atoms with Crippen LogP contribution in [0, 0.1) is 6.92 Å². The number of aromatic nitrogens is 2. The van der Waals surface area contributed by atoms with Crippen molar-refractivity contribution >= 4 is 17.2 Å². The highest BCUT2D eigenvalue weighted by Gasteiger charge is 2.20. The molecule has 0 N–H and O–H groups in total. The summed E-state index contributed by atoms with van der Waals surface area (Å²) in [4.78, 5) is 23.8. The normalized spacial score (nSPS) is 10.9. The quantitative estimate of drug-likeness (QED) is 0.629. The van der Waals surface area contributed by atoms with Gasteiger partial charge in [-0.2, -0.15) is 0 Å². The lowest BCUT2D eigenvalue weighted by Crippen LogP contribution is -2.30. The Morgan fingerprint density at radius 3 is 2.65 bits per heavy atom. The number of amides is 1. The minimum atomic E-state index is -0.0553. The maximum atomic E-state index is 13.1. The Bertz CT molecular complexity index is 874. The van der Waals surface area contributed by atoms with Crippen molar-refractivity contribution in [1.29, 1.82) is 0 Å². The number of aryl methyl sites for hydroxylation is 1. The minimum Gasteiger partial charge on any atom is -0.327 e. The molecule has 3 aromatic rings. The average Bonchev–Trinajstić information content (AvgIpc) is 3.12. The summed E-state index contributed by atoms with van der Waals surface area (Å²) < 4.78 is 0. The lowest BCUT2D eigenvalue weighted by molar-refractivity contribution is 0.0722. The number of hydrogen-bond donors (Lipinski definition) is 0. The molecule has 4 nitrogen and oxygen atoms in total. The Morgan fingerprint density at radius 1 is 1.15 bits per heavy atom. The zero-order valence-electron chi connectivity index (χ0n) is 15.3. The van der Waals surface area contributed by atoms with Crippen LogP contribution in [0.3, 0.4) is 0 Å². The fraction of sp³-hybridized carbons (Fsp3) is 0.286. The fourth-order valence-electron chi connectivity index (χ4n) is 2.73. The third kappa shape index (κ3) is 4.55. The van der Waals surface area contributed by atoms with Gasteiger partial charge in [0.25, 0.3) is 5.91 Å². The summed E-state index contributed by atoms with van der Waals surface area (Å²) in [5, 5.41) is 2.85. The largest absolute Gasteiger partial charge is 0.327 e. The van der Waals surface area contributed by atoms with E-state index in [1.54, 1.807) is 17.5 Å². The van der Waals surface area contributed by atoms with E-state index in [4.69, 9.17) is 0 Å². The van der Waals surface area contributed by atoms with Gasteiger partial charge in [-0.15, -0.1) is 11.3 Å². The van der Waals surface area contributed by atoms with E-state index in [-0.39, 0.29) is 5.91 Å². The predicted molar refractivity (Wildman–Crippen MR) is 105 cm³/mol. The third-order valence-electron chi connectivity index (χ3n) is 4.06. The lowest BCUT2D eigenvalue weighted by atomic mass is 10.1. The molecule has 0 aliphatic carbocycles. The molecule has 0 aliphatic heterocycles. The highest BCUT2D eigenvalue weighted by Crippen LogP contribution is 2.21. The van der Waals surface area contributed by atoms with E-state index < -0.39 is 0 Å². The van der Waals surface area contributed by atoms with Crippen LogP contribution in [0.2, 0.25) is 0 Å². The summed E-state index contributed by atoms with van der Waals surface area (Å²) >= 11 is 1.54. The average molecular weight is 366 g/mol. The summed E-state index contributed by atoms with van der Waals surface area (Å²) in [7, 11) is 0. The van der Waals surface area contributed by atoms with Gasteiger partial charge in [-0.25, -0.2) is 4.98 Å². The van der Waals surface area contributed by atoms with Gasteiger partial charge in [0.15, 0.2) is 0 Å². The van der Waals surface area contributed by atoms with Gasteiger partial charge in [0.2, 0.25) is 0 Å². The molecule has 0 radical (unpaired) electrons. The topological polar surface area (TPSA) is 46.1 Å². The molecular formula is C21H23N3OS. The Labute approximate surface area is 158 Å². The first-order chi connectivity index (χ1) is 12.5. The van der Waals surface area contributed by atoms with Crippen molar-refractivity contribution in [3.05, 3.63) is 81.6 Å². The first kappa shape index (κ1) is 18.3. The summed E-state index contributed by atoms with van der Waals surface area (Å²) in [5.74, 6) is 0.267. The molecule has 0 saturated carbocycles. The molecule has 0 spiro atoms. The molecule has 1 amide bonds. The van der Waals surface area contributed by atoms with Gasteiger partial charge in [0, 0.05) is 24.0 Å². The first-order valence-electron chi connectivity index (χ1n) is 8.73. The van der Waals surface area contributed by atoms with Crippen LogP contribution in [-0.4, -0.2) is 20.8 Å². The molecule has 1 aromatic carbocycles. The van der Waals surface area contributed by atoms with Gasteiger partial charge < -0.3 is 4.90 Å². The number of thiazole rings is 1.